The molecule has 6 nitrogen and oxygen atoms in total. The summed E-state index contributed by atoms with van der Waals surface area (Å²) in [5, 5.41) is 7.21. The van der Waals surface area contributed by atoms with E-state index in [4.69, 9.17) is 9.47 Å². The summed E-state index contributed by atoms with van der Waals surface area (Å²) in [7, 11) is 1.87. The van der Waals surface area contributed by atoms with Gasteiger partial charge in [0.2, 0.25) is 0 Å². The van der Waals surface area contributed by atoms with Gasteiger partial charge < -0.3 is 20.1 Å². The molecule has 152 valence electrons. The SMILES string of the molecule is CCOC1CC(NC(=NC)NCCN2CCOCC2)C12CCCCC2.I. The van der Waals surface area contributed by atoms with Crippen LogP contribution in [0.15, 0.2) is 4.99 Å². The second-order valence-corrected chi connectivity index (χ2v) is 7.62. The van der Waals surface area contributed by atoms with Crippen molar-refractivity contribution in [1.82, 2.24) is 15.5 Å². The number of nitrogens with zero attached hydrogens (tertiary/aromatic N) is 2. The third-order valence-electron chi connectivity index (χ3n) is 6.30. The van der Waals surface area contributed by atoms with E-state index in [0.29, 0.717) is 17.6 Å². The first kappa shape index (κ1) is 22.2. The molecule has 3 fully saturated rings. The Morgan fingerprint density at radius 1 is 1.23 bits per heavy atom. The molecule has 2 aliphatic carbocycles. The van der Waals surface area contributed by atoms with Gasteiger partial charge in [-0.05, 0) is 26.2 Å². The Morgan fingerprint density at radius 3 is 2.62 bits per heavy atom. The van der Waals surface area contributed by atoms with Crippen LogP contribution < -0.4 is 10.6 Å². The zero-order chi connectivity index (χ0) is 17.5. The summed E-state index contributed by atoms with van der Waals surface area (Å²) in [4.78, 5) is 6.90. The van der Waals surface area contributed by atoms with Gasteiger partial charge in [-0.2, -0.15) is 0 Å². The first-order valence-electron chi connectivity index (χ1n) is 10.2. The molecule has 2 atom stereocenters. The summed E-state index contributed by atoms with van der Waals surface area (Å²) in [5.41, 5.74) is 0.329. The summed E-state index contributed by atoms with van der Waals surface area (Å²) in [5.74, 6) is 0.943. The monoisotopic (exact) mass is 480 g/mol. The minimum Gasteiger partial charge on any atom is -0.379 e. The molecule has 1 aliphatic heterocycles. The van der Waals surface area contributed by atoms with Gasteiger partial charge in [0.1, 0.15) is 0 Å². The van der Waals surface area contributed by atoms with Gasteiger partial charge in [0, 0.05) is 51.3 Å². The van der Waals surface area contributed by atoms with Crippen molar-refractivity contribution in [2.24, 2.45) is 10.4 Å². The van der Waals surface area contributed by atoms with Crippen LogP contribution in [0.25, 0.3) is 0 Å². The molecular formula is C19H37IN4O2. The van der Waals surface area contributed by atoms with Crippen molar-refractivity contribution in [3.8, 4) is 0 Å². The highest BCUT2D eigenvalue weighted by molar-refractivity contribution is 14.0. The molecule has 7 heteroatoms. The predicted octanol–water partition coefficient (Wildman–Crippen LogP) is 2.23. The predicted molar refractivity (Wildman–Crippen MR) is 117 cm³/mol. The quantitative estimate of drug-likeness (QED) is 0.347. The number of ether oxygens (including phenoxy) is 2. The Bertz CT molecular complexity index is 437. The van der Waals surface area contributed by atoms with Crippen molar-refractivity contribution in [1.29, 1.82) is 0 Å². The standard InChI is InChI=1S/C19H36N4O2.HI/c1-3-25-17-15-16(19(17)7-5-4-6-8-19)22-18(20-2)21-9-10-23-11-13-24-14-12-23;/h16-17H,3-15H2,1-2H3,(H2,20,21,22);1H. The second kappa shape index (κ2) is 11.0. The van der Waals surface area contributed by atoms with E-state index in [1.165, 1.54) is 32.1 Å². The van der Waals surface area contributed by atoms with Crippen LogP contribution in [0.4, 0.5) is 0 Å². The Hall–Kier alpha value is -0.120. The number of rotatable bonds is 6. The van der Waals surface area contributed by atoms with E-state index in [9.17, 15) is 0 Å². The Morgan fingerprint density at radius 2 is 1.96 bits per heavy atom. The molecule has 2 unspecified atom stereocenters. The summed E-state index contributed by atoms with van der Waals surface area (Å²) in [6.45, 7) is 8.70. The highest BCUT2D eigenvalue weighted by atomic mass is 127. The van der Waals surface area contributed by atoms with Crippen molar-refractivity contribution in [3.05, 3.63) is 0 Å². The van der Waals surface area contributed by atoms with Crippen molar-refractivity contribution in [2.45, 2.75) is 57.6 Å². The van der Waals surface area contributed by atoms with E-state index in [1.807, 2.05) is 7.05 Å². The minimum absolute atomic E-state index is 0. The summed E-state index contributed by atoms with van der Waals surface area (Å²) in [6.07, 6.45) is 8.18. The Balaban J connectivity index is 0.00000243. The summed E-state index contributed by atoms with van der Waals surface area (Å²) < 4.78 is 11.5. The topological polar surface area (TPSA) is 58.1 Å². The average molecular weight is 480 g/mol. The lowest BCUT2D eigenvalue weighted by Crippen LogP contribution is -2.66. The first-order valence-corrected chi connectivity index (χ1v) is 10.2. The molecule has 26 heavy (non-hydrogen) atoms. The molecule has 2 saturated carbocycles. The average Bonchev–Trinajstić information content (AvgIpc) is 2.67. The number of halogens is 1. The number of aliphatic imine (C=N–C) groups is 1. The summed E-state index contributed by atoms with van der Waals surface area (Å²) >= 11 is 0. The van der Waals surface area contributed by atoms with Crippen molar-refractivity contribution in [2.75, 3.05) is 53.0 Å². The second-order valence-electron chi connectivity index (χ2n) is 7.62. The number of guanidine groups is 1. The molecule has 0 bridgehead atoms. The van der Waals surface area contributed by atoms with E-state index in [-0.39, 0.29) is 24.0 Å². The third-order valence-corrected chi connectivity index (χ3v) is 6.30. The molecule has 0 aromatic carbocycles. The van der Waals surface area contributed by atoms with Gasteiger partial charge in [-0.25, -0.2) is 0 Å². The van der Waals surface area contributed by atoms with Crippen LogP contribution in [0.5, 0.6) is 0 Å². The van der Waals surface area contributed by atoms with Crippen LogP contribution >= 0.6 is 24.0 Å². The third kappa shape index (κ3) is 5.23. The van der Waals surface area contributed by atoms with Crippen LogP contribution in [0.1, 0.15) is 45.4 Å². The van der Waals surface area contributed by atoms with Crippen LogP contribution in [0.2, 0.25) is 0 Å². The highest BCUT2D eigenvalue weighted by Gasteiger charge is 2.55. The lowest BCUT2D eigenvalue weighted by molar-refractivity contribution is -0.145. The van der Waals surface area contributed by atoms with Crippen LogP contribution in [0.3, 0.4) is 0 Å². The molecule has 1 heterocycles. The largest absolute Gasteiger partial charge is 0.379 e. The van der Waals surface area contributed by atoms with Crippen molar-refractivity contribution in [3.63, 3.8) is 0 Å². The van der Waals surface area contributed by atoms with E-state index < -0.39 is 0 Å². The molecule has 0 aromatic heterocycles. The maximum absolute atomic E-state index is 6.06. The molecule has 2 N–H and O–H groups in total. The van der Waals surface area contributed by atoms with Gasteiger partial charge in [-0.15, -0.1) is 24.0 Å². The van der Waals surface area contributed by atoms with Gasteiger partial charge in [-0.1, -0.05) is 19.3 Å². The van der Waals surface area contributed by atoms with Crippen LogP contribution in [-0.2, 0) is 9.47 Å². The maximum atomic E-state index is 6.06. The van der Waals surface area contributed by atoms with Gasteiger partial charge in [0.05, 0.1) is 19.3 Å². The molecule has 3 rings (SSSR count). The fourth-order valence-electron chi connectivity index (χ4n) is 4.78. The Kier molecular flexibility index (Phi) is 9.40. The number of morpholine rings is 1. The smallest absolute Gasteiger partial charge is 0.191 e. The van der Waals surface area contributed by atoms with Gasteiger partial charge in [0.15, 0.2) is 5.96 Å². The lowest BCUT2D eigenvalue weighted by atomic mass is 9.55. The van der Waals surface area contributed by atoms with Crippen LogP contribution in [0, 0.1) is 5.41 Å². The first-order chi connectivity index (χ1) is 12.3. The molecular weight excluding hydrogens is 443 g/mol. The zero-order valence-corrected chi connectivity index (χ0v) is 18.8. The summed E-state index contributed by atoms with van der Waals surface area (Å²) in [6, 6.07) is 0.499. The number of nitrogens with one attached hydrogen (secondary N) is 2. The van der Waals surface area contributed by atoms with Gasteiger partial charge in [0.25, 0.3) is 0 Å². The highest BCUT2D eigenvalue weighted by Crippen LogP contribution is 2.53. The van der Waals surface area contributed by atoms with Gasteiger partial charge >= 0.3 is 0 Å². The molecule has 3 aliphatic rings. The Labute approximate surface area is 175 Å². The number of hydrogen-bond acceptors (Lipinski definition) is 4. The fraction of sp³-hybridized carbons (Fsp3) is 0.947. The molecule has 1 saturated heterocycles. The van der Waals surface area contributed by atoms with E-state index in [0.717, 1.165) is 58.4 Å². The minimum atomic E-state index is 0. The van der Waals surface area contributed by atoms with Crippen molar-refractivity contribution >= 4 is 29.9 Å². The fourth-order valence-corrected chi connectivity index (χ4v) is 4.78. The van der Waals surface area contributed by atoms with Gasteiger partial charge in [-0.3, -0.25) is 9.89 Å². The molecule has 0 radical (unpaired) electrons. The van der Waals surface area contributed by atoms with E-state index in [1.54, 1.807) is 0 Å². The zero-order valence-electron chi connectivity index (χ0n) is 16.5. The maximum Gasteiger partial charge on any atom is 0.191 e. The molecule has 0 amide bonds. The lowest BCUT2D eigenvalue weighted by Gasteiger charge is -2.58. The molecule has 0 aromatic rings. The number of hydrogen-bond donors (Lipinski definition) is 2. The van der Waals surface area contributed by atoms with Crippen molar-refractivity contribution < 1.29 is 9.47 Å². The normalized spacial score (nSPS) is 28.9. The van der Waals surface area contributed by atoms with E-state index >= 15 is 0 Å². The van der Waals surface area contributed by atoms with Crippen LogP contribution in [-0.4, -0.2) is 76.1 Å². The molecule has 1 spiro atoms. The van der Waals surface area contributed by atoms with E-state index in [2.05, 4.69) is 27.4 Å².